The number of benzene rings is 4. The highest BCUT2D eigenvalue weighted by Gasteiger charge is 2.19. The van der Waals surface area contributed by atoms with Gasteiger partial charge in [0.1, 0.15) is 11.4 Å². The Hall–Kier alpha value is -4.76. The van der Waals surface area contributed by atoms with Crippen LogP contribution in [0.2, 0.25) is 5.02 Å². The summed E-state index contributed by atoms with van der Waals surface area (Å²) in [5, 5.41) is 26.1. The zero-order valence-corrected chi connectivity index (χ0v) is 19.7. The molecule has 0 radical (unpaired) electrons. The lowest BCUT2D eigenvalue weighted by Crippen LogP contribution is -2.12. The Labute approximate surface area is 210 Å². The molecule has 3 amide bonds. The molecule has 0 aliphatic carbocycles. The second-order valence-corrected chi connectivity index (χ2v) is 8.19. The van der Waals surface area contributed by atoms with Gasteiger partial charge in [0.05, 0.1) is 10.6 Å². The molecular formula is C26H20ClN5O4. The Morgan fingerprint density at radius 3 is 2.22 bits per heavy atom. The van der Waals surface area contributed by atoms with E-state index in [1.54, 1.807) is 54.6 Å². The summed E-state index contributed by atoms with van der Waals surface area (Å²) in [6.45, 7) is 1.40. The van der Waals surface area contributed by atoms with Crippen LogP contribution in [0, 0.1) is 0 Å². The summed E-state index contributed by atoms with van der Waals surface area (Å²) >= 11 is 6.18. The summed E-state index contributed by atoms with van der Waals surface area (Å²) in [4.78, 5) is 35.8. The number of rotatable bonds is 6. The van der Waals surface area contributed by atoms with Crippen LogP contribution in [0.1, 0.15) is 27.6 Å². The average molecular weight is 502 g/mol. The molecule has 0 heterocycles. The molecule has 0 bridgehead atoms. The fourth-order valence-electron chi connectivity index (χ4n) is 3.48. The highest BCUT2D eigenvalue weighted by Crippen LogP contribution is 2.40. The largest absolute Gasteiger partial charge is 0.505 e. The predicted molar refractivity (Wildman–Crippen MR) is 138 cm³/mol. The number of nitrogens with two attached hydrogens (primary N) is 1. The van der Waals surface area contributed by atoms with E-state index in [1.807, 2.05) is 0 Å². The first-order valence-corrected chi connectivity index (χ1v) is 11.1. The average Bonchev–Trinajstić information content (AvgIpc) is 2.84. The minimum atomic E-state index is -0.653. The van der Waals surface area contributed by atoms with Crippen molar-refractivity contribution in [3.8, 4) is 5.75 Å². The third-order valence-corrected chi connectivity index (χ3v) is 5.51. The number of anilines is 2. The van der Waals surface area contributed by atoms with Crippen LogP contribution in [0.4, 0.5) is 22.7 Å². The number of nitrogens with one attached hydrogen (secondary N) is 2. The van der Waals surface area contributed by atoms with E-state index in [0.717, 1.165) is 0 Å². The number of carbonyl (C=O) groups is 3. The molecule has 4 rings (SSSR count). The number of amides is 3. The molecule has 9 nitrogen and oxygen atoms in total. The topological polar surface area (TPSA) is 146 Å². The summed E-state index contributed by atoms with van der Waals surface area (Å²) in [5.74, 6) is -1.82. The van der Waals surface area contributed by atoms with Crippen molar-refractivity contribution >= 4 is 62.8 Å². The van der Waals surface area contributed by atoms with Crippen LogP contribution in [0.3, 0.4) is 0 Å². The van der Waals surface area contributed by atoms with Gasteiger partial charge in [-0.3, -0.25) is 14.4 Å². The number of halogens is 1. The van der Waals surface area contributed by atoms with E-state index in [1.165, 1.54) is 25.1 Å². The van der Waals surface area contributed by atoms with Crippen LogP contribution in [0.15, 0.2) is 83.0 Å². The number of aromatic hydroxyl groups is 1. The number of nitrogens with zero attached hydrogens (tertiary/aromatic N) is 2. The van der Waals surface area contributed by atoms with Crippen molar-refractivity contribution in [1.29, 1.82) is 0 Å². The number of phenolic OH excluding ortho intramolecular Hbond substituents is 1. The third kappa shape index (κ3) is 5.31. The predicted octanol–water partition coefficient (Wildman–Crippen LogP) is 5.92. The van der Waals surface area contributed by atoms with Crippen LogP contribution < -0.4 is 16.4 Å². The SMILES string of the molecule is CC(=O)Nc1ccc(NC(=O)c2cc3ccccc3c(/N=N/c3cc(C(N)=O)ccc3Cl)c2O)cc1. The minimum Gasteiger partial charge on any atom is -0.505 e. The molecule has 4 aromatic carbocycles. The number of primary amides is 1. The lowest BCUT2D eigenvalue weighted by Gasteiger charge is -2.12. The fraction of sp³-hybridized carbons (Fsp3) is 0.0385. The zero-order chi connectivity index (χ0) is 25.8. The standard InChI is InChI=1S/C26H20ClN5O4/c1-14(33)29-17-7-9-18(10-8-17)30-26(36)20-12-15-4-2-3-5-19(15)23(24(20)34)32-31-22-13-16(25(28)35)6-11-21(22)27/h2-13,34H,1H3,(H2,28,35)(H,29,33)(H,30,36)/b32-31+. The highest BCUT2D eigenvalue weighted by atomic mass is 35.5. The van der Waals surface area contributed by atoms with Crippen molar-refractivity contribution in [2.75, 3.05) is 10.6 Å². The maximum atomic E-state index is 13.1. The van der Waals surface area contributed by atoms with Gasteiger partial charge < -0.3 is 21.5 Å². The van der Waals surface area contributed by atoms with Crippen LogP contribution in [-0.4, -0.2) is 22.8 Å². The van der Waals surface area contributed by atoms with Gasteiger partial charge in [-0.05, 0) is 53.9 Å². The van der Waals surface area contributed by atoms with Crippen LogP contribution in [-0.2, 0) is 4.79 Å². The Bertz CT molecular complexity index is 1530. The smallest absolute Gasteiger partial charge is 0.259 e. The number of carbonyl (C=O) groups excluding carboxylic acids is 3. The molecule has 0 aliphatic heterocycles. The first kappa shape index (κ1) is 24.4. The first-order valence-electron chi connectivity index (χ1n) is 10.7. The molecule has 36 heavy (non-hydrogen) atoms. The summed E-state index contributed by atoms with van der Waals surface area (Å²) in [6, 6.07) is 19.4. The monoisotopic (exact) mass is 501 g/mol. The molecule has 0 aromatic heterocycles. The fourth-order valence-corrected chi connectivity index (χ4v) is 3.63. The van der Waals surface area contributed by atoms with Gasteiger partial charge in [0.25, 0.3) is 5.91 Å². The summed E-state index contributed by atoms with van der Waals surface area (Å²) in [6.07, 6.45) is 0. The highest BCUT2D eigenvalue weighted by molar-refractivity contribution is 6.33. The second-order valence-electron chi connectivity index (χ2n) is 7.79. The number of azo groups is 1. The number of hydrogen-bond acceptors (Lipinski definition) is 6. The molecule has 180 valence electrons. The van der Waals surface area contributed by atoms with E-state index < -0.39 is 11.8 Å². The van der Waals surface area contributed by atoms with Crippen molar-refractivity contribution in [2.45, 2.75) is 6.92 Å². The van der Waals surface area contributed by atoms with Crippen molar-refractivity contribution in [2.24, 2.45) is 16.0 Å². The molecule has 10 heteroatoms. The molecule has 4 aromatic rings. The van der Waals surface area contributed by atoms with E-state index in [0.29, 0.717) is 22.1 Å². The van der Waals surface area contributed by atoms with Crippen molar-refractivity contribution in [3.63, 3.8) is 0 Å². The molecule has 0 unspecified atom stereocenters. The molecule has 0 saturated carbocycles. The van der Waals surface area contributed by atoms with Gasteiger partial charge in [0, 0.05) is 29.2 Å². The van der Waals surface area contributed by atoms with Gasteiger partial charge in [0.2, 0.25) is 11.8 Å². The second kappa shape index (κ2) is 10.2. The molecule has 5 N–H and O–H groups in total. The van der Waals surface area contributed by atoms with E-state index in [2.05, 4.69) is 20.9 Å². The Kier molecular flexibility index (Phi) is 6.93. The van der Waals surface area contributed by atoms with Gasteiger partial charge in [-0.25, -0.2) is 0 Å². The van der Waals surface area contributed by atoms with Crippen molar-refractivity contribution in [1.82, 2.24) is 0 Å². The van der Waals surface area contributed by atoms with E-state index in [4.69, 9.17) is 17.3 Å². The lowest BCUT2D eigenvalue weighted by molar-refractivity contribution is -0.114. The summed E-state index contributed by atoms with van der Waals surface area (Å²) in [7, 11) is 0. The molecule has 0 fully saturated rings. The number of fused-ring (bicyclic) bond motifs is 1. The van der Waals surface area contributed by atoms with Crippen LogP contribution >= 0.6 is 11.6 Å². The first-order chi connectivity index (χ1) is 17.2. The van der Waals surface area contributed by atoms with Gasteiger partial charge in [0.15, 0.2) is 5.75 Å². The quantitative estimate of drug-likeness (QED) is 0.243. The molecule has 0 atom stereocenters. The lowest BCUT2D eigenvalue weighted by atomic mass is 10.0. The Morgan fingerprint density at radius 2 is 1.56 bits per heavy atom. The van der Waals surface area contributed by atoms with E-state index in [9.17, 15) is 19.5 Å². The molecular weight excluding hydrogens is 482 g/mol. The number of phenols is 1. The van der Waals surface area contributed by atoms with Crippen LogP contribution in [0.5, 0.6) is 5.75 Å². The maximum absolute atomic E-state index is 13.1. The minimum absolute atomic E-state index is 0.0226. The third-order valence-electron chi connectivity index (χ3n) is 5.19. The van der Waals surface area contributed by atoms with Crippen LogP contribution in [0.25, 0.3) is 10.8 Å². The van der Waals surface area contributed by atoms with Crippen molar-refractivity contribution < 1.29 is 19.5 Å². The van der Waals surface area contributed by atoms with Gasteiger partial charge in [-0.15, -0.1) is 10.2 Å². The molecule has 0 saturated heterocycles. The van der Waals surface area contributed by atoms with E-state index >= 15 is 0 Å². The Morgan fingerprint density at radius 1 is 0.889 bits per heavy atom. The van der Waals surface area contributed by atoms with Gasteiger partial charge in [-0.1, -0.05) is 35.9 Å². The van der Waals surface area contributed by atoms with Gasteiger partial charge in [-0.2, -0.15) is 0 Å². The van der Waals surface area contributed by atoms with E-state index in [-0.39, 0.29) is 39.2 Å². The van der Waals surface area contributed by atoms with Gasteiger partial charge >= 0.3 is 0 Å². The molecule has 0 spiro atoms. The Balaban J connectivity index is 1.71. The zero-order valence-electron chi connectivity index (χ0n) is 18.9. The van der Waals surface area contributed by atoms with Crippen molar-refractivity contribution in [3.05, 3.63) is 88.9 Å². The maximum Gasteiger partial charge on any atom is 0.259 e. The summed E-state index contributed by atoms with van der Waals surface area (Å²) in [5.41, 5.74) is 6.76. The normalized spacial score (nSPS) is 10.9. The molecule has 0 aliphatic rings. The summed E-state index contributed by atoms with van der Waals surface area (Å²) < 4.78 is 0. The number of hydrogen-bond donors (Lipinski definition) is 4.